The Morgan fingerprint density at radius 3 is 2.61 bits per heavy atom. The van der Waals surface area contributed by atoms with Crippen LogP contribution in [-0.4, -0.2) is 18.0 Å². The van der Waals surface area contributed by atoms with Crippen molar-refractivity contribution in [3.05, 3.63) is 33.4 Å². The Balaban J connectivity index is 0.00000162. The molecule has 1 aliphatic carbocycles. The summed E-state index contributed by atoms with van der Waals surface area (Å²) >= 11 is 2.21. The van der Waals surface area contributed by atoms with Crippen molar-refractivity contribution in [2.24, 2.45) is 5.73 Å². The third kappa shape index (κ3) is 3.59. The first-order valence-corrected chi connectivity index (χ1v) is 7.01. The minimum atomic E-state index is -0.168. The van der Waals surface area contributed by atoms with Gasteiger partial charge >= 0.3 is 0 Å². The number of rotatable bonds is 3. The normalized spacial score (nSPS) is 17.0. The minimum Gasteiger partial charge on any atom is -0.345 e. The van der Waals surface area contributed by atoms with E-state index in [1.54, 1.807) is 0 Å². The van der Waals surface area contributed by atoms with E-state index in [-0.39, 0.29) is 23.9 Å². The van der Waals surface area contributed by atoms with Gasteiger partial charge in [-0.15, -0.1) is 12.4 Å². The van der Waals surface area contributed by atoms with Gasteiger partial charge in [-0.25, -0.2) is 0 Å². The number of halogens is 2. The van der Waals surface area contributed by atoms with Gasteiger partial charge in [0.25, 0.3) is 5.91 Å². The highest BCUT2D eigenvalue weighted by Crippen LogP contribution is 2.28. The Bertz CT molecular complexity index is 419. The maximum Gasteiger partial charge on any atom is 0.251 e. The van der Waals surface area contributed by atoms with Gasteiger partial charge in [0.2, 0.25) is 0 Å². The third-order valence-corrected chi connectivity index (χ3v) is 4.09. The summed E-state index contributed by atoms with van der Waals surface area (Å²) in [6.07, 6.45) is 4.31. The van der Waals surface area contributed by atoms with Crippen molar-refractivity contribution in [1.82, 2.24) is 5.32 Å². The number of carbonyl (C=O) groups is 1. The van der Waals surface area contributed by atoms with Gasteiger partial charge in [-0.05, 0) is 53.6 Å². The fourth-order valence-corrected chi connectivity index (χ4v) is 2.92. The Labute approximate surface area is 127 Å². The summed E-state index contributed by atoms with van der Waals surface area (Å²) in [4.78, 5) is 12.1. The quantitative estimate of drug-likeness (QED) is 0.792. The SMILES string of the molecule is Cl.NCC1(NC(=O)c2cccc(I)c2)CCCC1. The van der Waals surface area contributed by atoms with Crippen molar-refractivity contribution in [2.45, 2.75) is 31.2 Å². The molecule has 18 heavy (non-hydrogen) atoms. The van der Waals surface area contributed by atoms with Crippen LogP contribution in [0, 0.1) is 3.57 Å². The van der Waals surface area contributed by atoms with Crippen molar-refractivity contribution >= 4 is 40.9 Å². The predicted octanol–water partition coefficient (Wildman–Crippen LogP) is 2.71. The molecule has 3 N–H and O–H groups in total. The number of nitrogens with two attached hydrogens (primary N) is 1. The minimum absolute atomic E-state index is 0. The second kappa shape index (κ2) is 6.73. The molecule has 5 heteroatoms. The number of nitrogens with one attached hydrogen (secondary N) is 1. The molecule has 1 aliphatic rings. The van der Waals surface area contributed by atoms with Crippen LogP contribution in [0.4, 0.5) is 0 Å². The largest absolute Gasteiger partial charge is 0.345 e. The van der Waals surface area contributed by atoms with Crippen LogP contribution in [0.25, 0.3) is 0 Å². The fraction of sp³-hybridized carbons (Fsp3) is 0.462. The number of hydrogen-bond donors (Lipinski definition) is 2. The van der Waals surface area contributed by atoms with Crippen LogP contribution in [0.5, 0.6) is 0 Å². The summed E-state index contributed by atoms with van der Waals surface area (Å²) in [5, 5.41) is 3.12. The summed E-state index contributed by atoms with van der Waals surface area (Å²) in [6.45, 7) is 0.530. The Kier molecular flexibility index (Phi) is 5.88. The number of amides is 1. The molecule has 1 saturated carbocycles. The zero-order valence-electron chi connectivity index (χ0n) is 10.1. The Hall–Kier alpha value is -0.330. The summed E-state index contributed by atoms with van der Waals surface area (Å²) < 4.78 is 1.07. The van der Waals surface area contributed by atoms with E-state index in [2.05, 4.69) is 27.9 Å². The molecular weight excluding hydrogens is 363 g/mol. The predicted molar refractivity (Wildman–Crippen MR) is 84.1 cm³/mol. The molecule has 2 rings (SSSR count). The van der Waals surface area contributed by atoms with Crippen LogP contribution in [0.1, 0.15) is 36.0 Å². The molecule has 0 unspecified atom stereocenters. The van der Waals surface area contributed by atoms with E-state index in [1.165, 1.54) is 0 Å². The van der Waals surface area contributed by atoms with Crippen molar-refractivity contribution < 1.29 is 4.79 Å². The van der Waals surface area contributed by atoms with Crippen molar-refractivity contribution in [2.75, 3.05) is 6.54 Å². The topological polar surface area (TPSA) is 55.1 Å². The molecule has 0 radical (unpaired) electrons. The average Bonchev–Trinajstić information content (AvgIpc) is 2.78. The van der Waals surface area contributed by atoms with E-state index in [9.17, 15) is 4.79 Å². The van der Waals surface area contributed by atoms with Gasteiger partial charge in [0.05, 0.1) is 5.54 Å². The molecule has 0 saturated heterocycles. The van der Waals surface area contributed by atoms with Crippen LogP contribution >= 0.6 is 35.0 Å². The molecule has 0 spiro atoms. The maximum absolute atomic E-state index is 12.1. The summed E-state index contributed by atoms with van der Waals surface area (Å²) in [7, 11) is 0. The zero-order valence-corrected chi connectivity index (χ0v) is 13.1. The van der Waals surface area contributed by atoms with Gasteiger partial charge in [0.1, 0.15) is 0 Å². The first kappa shape index (κ1) is 15.7. The van der Waals surface area contributed by atoms with Crippen molar-refractivity contribution in [3.8, 4) is 0 Å². The van der Waals surface area contributed by atoms with Gasteiger partial charge in [-0.1, -0.05) is 18.9 Å². The first-order chi connectivity index (χ1) is 8.15. The molecule has 1 amide bonds. The fourth-order valence-electron chi connectivity index (χ4n) is 2.37. The van der Waals surface area contributed by atoms with Gasteiger partial charge in [0, 0.05) is 15.7 Å². The molecular formula is C13H18ClIN2O. The molecule has 1 aromatic rings. The van der Waals surface area contributed by atoms with Gasteiger partial charge in [0.15, 0.2) is 0 Å². The van der Waals surface area contributed by atoms with E-state index in [4.69, 9.17) is 5.73 Å². The van der Waals surface area contributed by atoms with Crippen LogP contribution in [0.2, 0.25) is 0 Å². The molecule has 1 fully saturated rings. The number of benzene rings is 1. The third-order valence-electron chi connectivity index (χ3n) is 3.42. The molecule has 0 heterocycles. The monoisotopic (exact) mass is 380 g/mol. The summed E-state index contributed by atoms with van der Waals surface area (Å²) in [5.74, 6) is -0.00383. The lowest BCUT2D eigenvalue weighted by atomic mass is 9.97. The highest BCUT2D eigenvalue weighted by molar-refractivity contribution is 14.1. The molecule has 1 aromatic carbocycles. The Morgan fingerprint density at radius 2 is 2.06 bits per heavy atom. The molecule has 0 atom stereocenters. The molecule has 3 nitrogen and oxygen atoms in total. The summed E-state index contributed by atoms with van der Waals surface area (Å²) in [6, 6.07) is 7.62. The smallest absolute Gasteiger partial charge is 0.251 e. The second-order valence-electron chi connectivity index (χ2n) is 4.66. The molecule has 0 aliphatic heterocycles. The van der Waals surface area contributed by atoms with E-state index in [1.807, 2.05) is 24.3 Å². The van der Waals surface area contributed by atoms with E-state index < -0.39 is 0 Å². The maximum atomic E-state index is 12.1. The van der Waals surface area contributed by atoms with E-state index >= 15 is 0 Å². The highest BCUT2D eigenvalue weighted by Gasteiger charge is 2.33. The van der Waals surface area contributed by atoms with Crippen molar-refractivity contribution in [3.63, 3.8) is 0 Å². The lowest BCUT2D eigenvalue weighted by Gasteiger charge is -2.28. The van der Waals surface area contributed by atoms with Crippen LogP contribution < -0.4 is 11.1 Å². The lowest BCUT2D eigenvalue weighted by Crippen LogP contribution is -2.51. The van der Waals surface area contributed by atoms with Crippen LogP contribution in [-0.2, 0) is 0 Å². The van der Waals surface area contributed by atoms with E-state index in [0.29, 0.717) is 6.54 Å². The van der Waals surface area contributed by atoms with Gasteiger partial charge in [-0.2, -0.15) is 0 Å². The summed E-state index contributed by atoms with van der Waals surface area (Å²) in [5.41, 5.74) is 6.36. The highest BCUT2D eigenvalue weighted by atomic mass is 127. The standard InChI is InChI=1S/C13H17IN2O.ClH/c14-11-5-3-4-10(8-11)12(17)16-13(9-15)6-1-2-7-13;/h3-5,8H,1-2,6-7,9,15H2,(H,16,17);1H. The zero-order chi connectivity index (χ0) is 12.3. The van der Waals surface area contributed by atoms with Crippen LogP contribution in [0.15, 0.2) is 24.3 Å². The number of carbonyl (C=O) groups excluding carboxylic acids is 1. The first-order valence-electron chi connectivity index (χ1n) is 5.93. The molecule has 0 bridgehead atoms. The van der Waals surface area contributed by atoms with Crippen molar-refractivity contribution in [1.29, 1.82) is 0 Å². The van der Waals surface area contributed by atoms with Gasteiger partial charge in [-0.3, -0.25) is 4.79 Å². The second-order valence-corrected chi connectivity index (χ2v) is 5.90. The lowest BCUT2D eigenvalue weighted by molar-refractivity contribution is 0.0903. The molecule has 100 valence electrons. The average molecular weight is 381 g/mol. The van der Waals surface area contributed by atoms with Gasteiger partial charge < -0.3 is 11.1 Å². The van der Waals surface area contributed by atoms with Crippen LogP contribution in [0.3, 0.4) is 0 Å². The number of hydrogen-bond acceptors (Lipinski definition) is 2. The Morgan fingerprint density at radius 1 is 1.39 bits per heavy atom. The molecule has 0 aromatic heterocycles. The van der Waals surface area contributed by atoms with E-state index in [0.717, 1.165) is 34.8 Å².